The van der Waals surface area contributed by atoms with Crippen LogP contribution in [0.1, 0.15) is 20.3 Å². The third-order valence-corrected chi connectivity index (χ3v) is 4.87. The highest BCUT2D eigenvalue weighted by Gasteiger charge is 2.48. The van der Waals surface area contributed by atoms with E-state index in [1.807, 2.05) is 13.8 Å². The second-order valence-corrected chi connectivity index (χ2v) is 6.97. The van der Waals surface area contributed by atoms with E-state index < -0.39 is 17.6 Å². The fourth-order valence-corrected chi connectivity index (χ4v) is 3.52. The fourth-order valence-electron chi connectivity index (χ4n) is 3.52. The van der Waals surface area contributed by atoms with Gasteiger partial charge in [0.1, 0.15) is 18.4 Å². The van der Waals surface area contributed by atoms with Crippen LogP contribution in [0.15, 0.2) is 12.7 Å². The van der Waals surface area contributed by atoms with Gasteiger partial charge in [0.05, 0.1) is 20.2 Å². The van der Waals surface area contributed by atoms with E-state index >= 15 is 0 Å². The molecule has 2 rings (SSSR count). The number of hydrogen-bond donors (Lipinski definition) is 0. The average molecular weight is 353 g/mol. The highest BCUT2D eigenvalue weighted by atomic mass is 16.5. The van der Waals surface area contributed by atoms with Crippen molar-refractivity contribution in [2.45, 2.75) is 31.9 Å². The Morgan fingerprint density at radius 2 is 1.92 bits per heavy atom. The monoisotopic (exact) mass is 353 g/mol. The van der Waals surface area contributed by atoms with Gasteiger partial charge in [0.15, 0.2) is 0 Å². The molecule has 140 valence electrons. The molecule has 2 aliphatic rings. The lowest BCUT2D eigenvalue weighted by Crippen LogP contribution is -2.52. The number of amides is 3. The summed E-state index contributed by atoms with van der Waals surface area (Å²) in [4.78, 5) is 41.2. The van der Waals surface area contributed by atoms with Crippen LogP contribution in [0, 0.1) is 5.92 Å². The van der Waals surface area contributed by atoms with E-state index in [4.69, 9.17) is 9.47 Å². The Hall–Kier alpha value is -2.09. The van der Waals surface area contributed by atoms with Crippen molar-refractivity contribution in [1.82, 2.24) is 14.7 Å². The van der Waals surface area contributed by atoms with Gasteiger partial charge in [-0.1, -0.05) is 20.4 Å². The van der Waals surface area contributed by atoms with E-state index in [0.717, 1.165) is 0 Å². The fraction of sp³-hybridized carbons (Fsp3) is 0.706. The second-order valence-electron chi connectivity index (χ2n) is 6.97. The van der Waals surface area contributed by atoms with Crippen molar-refractivity contribution in [3.8, 4) is 0 Å². The summed E-state index contributed by atoms with van der Waals surface area (Å²) >= 11 is 0. The summed E-state index contributed by atoms with van der Waals surface area (Å²) in [6.45, 7) is 8.79. The van der Waals surface area contributed by atoms with Crippen LogP contribution in [0.4, 0.5) is 4.79 Å². The number of rotatable bonds is 4. The summed E-state index contributed by atoms with van der Waals surface area (Å²) in [5, 5.41) is 0. The molecule has 3 amide bonds. The zero-order valence-electron chi connectivity index (χ0n) is 15.4. The first-order chi connectivity index (χ1) is 11.7. The van der Waals surface area contributed by atoms with E-state index in [1.54, 1.807) is 16.8 Å². The van der Waals surface area contributed by atoms with Crippen LogP contribution in [-0.2, 0) is 19.1 Å². The van der Waals surface area contributed by atoms with Crippen molar-refractivity contribution in [2.75, 3.05) is 40.5 Å². The normalized spacial score (nSPS) is 23.9. The maximum absolute atomic E-state index is 12.8. The summed E-state index contributed by atoms with van der Waals surface area (Å²) in [6, 6.07) is -0.879. The lowest BCUT2D eigenvalue weighted by atomic mass is 10.0. The largest absolute Gasteiger partial charge is 0.467 e. The number of carbonyl (C=O) groups excluding carboxylic acids is 3. The number of likely N-dealkylation sites (N-methyl/N-ethyl adjacent to an activating group) is 1. The Morgan fingerprint density at radius 1 is 1.28 bits per heavy atom. The lowest BCUT2D eigenvalue weighted by molar-refractivity contribution is -0.147. The highest BCUT2D eigenvalue weighted by Crippen LogP contribution is 2.32. The van der Waals surface area contributed by atoms with Crippen LogP contribution in [-0.4, -0.2) is 84.8 Å². The van der Waals surface area contributed by atoms with Gasteiger partial charge in [-0.25, -0.2) is 9.59 Å². The lowest BCUT2D eigenvalue weighted by Gasteiger charge is -2.32. The molecule has 2 fully saturated rings. The zero-order valence-corrected chi connectivity index (χ0v) is 15.4. The number of nitrogens with zero attached hydrogens (tertiary/aromatic N) is 3. The summed E-state index contributed by atoms with van der Waals surface area (Å²) in [5.74, 6) is -0.676. The van der Waals surface area contributed by atoms with Crippen LogP contribution < -0.4 is 0 Å². The first-order valence-electron chi connectivity index (χ1n) is 8.39. The SMILES string of the molecule is C=CC(=O)N1CO[C@@]2(CCN(C(=O)N(C)[C@H](C(=O)OC)C(C)C)C2)C1. The number of urea groups is 1. The zero-order chi connectivity index (χ0) is 18.8. The van der Waals surface area contributed by atoms with Gasteiger partial charge in [-0.3, -0.25) is 4.79 Å². The molecule has 0 bridgehead atoms. The number of carbonyl (C=O) groups is 3. The number of esters is 1. The van der Waals surface area contributed by atoms with Crippen LogP contribution in [0.5, 0.6) is 0 Å². The van der Waals surface area contributed by atoms with Gasteiger partial charge in [0.2, 0.25) is 5.91 Å². The second kappa shape index (κ2) is 7.43. The molecule has 2 saturated heterocycles. The smallest absolute Gasteiger partial charge is 0.328 e. The highest BCUT2D eigenvalue weighted by molar-refractivity contribution is 5.87. The van der Waals surface area contributed by atoms with Crippen molar-refractivity contribution in [1.29, 1.82) is 0 Å². The molecular formula is C17H27N3O5. The molecule has 0 aromatic rings. The van der Waals surface area contributed by atoms with Gasteiger partial charge in [0.25, 0.3) is 0 Å². The number of hydrogen-bond acceptors (Lipinski definition) is 5. The molecule has 2 aliphatic heterocycles. The summed E-state index contributed by atoms with van der Waals surface area (Å²) in [7, 11) is 2.93. The molecule has 2 heterocycles. The summed E-state index contributed by atoms with van der Waals surface area (Å²) in [5.41, 5.74) is -0.534. The van der Waals surface area contributed by atoms with Gasteiger partial charge in [-0.2, -0.15) is 0 Å². The summed E-state index contributed by atoms with van der Waals surface area (Å²) in [6.07, 6.45) is 1.91. The molecule has 25 heavy (non-hydrogen) atoms. The van der Waals surface area contributed by atoms with Crippen molar-refractivity contribution in [3.63, 3.8) is 0 Å². The van der Waals surface area contributed by atoms with Crippen molar-refractivity contribution >= 4 is 17.9 Å². The molecule has 0 N–H and O–H groups in total. The quantitative estimate of drug-likeness (QED) is 0.549. The molecule has 8 nitrogen and oxygen atoms in total. The Morgan fingerprint density at radius 3 is 2.48 bits per heavy atom. The molecule has 0 aromatic heterocycles. The number of methoxy groups -OCH3 is 1. The van der Waals surface area contributed by atoms with Gasteiger partial charge < -0.3 is 24.2 Å². The third kappa shape index (κ3) is 3.78. The first-order valence-corrected chi connectivity index (χ1v) is 8.39. The molecular weight excluding hydrogens is 326 g/mol. The number of ether oxygens (including phenoxy) is 2. The van der Waals surface area contributed by atoms with Crippen molar-refractivity contribution in [2.24, 2.45) is 5.92 Å². The Bertz CT molecular complexity index is 564. The molecule has 0 unspecified atom stereocenters. The van der Waals surface area contributed by atoms with E-state index in [0.29, 0.717) is 26.1 Å². The van der Waals surface area contributed by atoms with Crippen LogP contribution in [0.3, 0.4) is 0 Å². The molecule has 0 aromatic carbocycles. The third-order valence-electron chi connectivity index (χ3n) is 4.87. The maximum Gasteiger partial charge on any atom is 0.328 e. The van der Waals surface area contributed by atoms with Crippen LogP contribution in [0.25, 0.3) is 0 Å². The topological polar surface area (TPSA) is 79.4 Å². The van der Waals surface area contributed by atoms with E-state index in [2.05, 4.69) is 6.58 Å². The Balaban J connectivity index is 2.03. The molecule has 0 saturated carbocycles. The maximum atomic E-state index is 12.8. The van der Waals surface area contributed by atoms with Crippen LogP contribution >= 0.6 is 0 Å². The standard InChI is InChI=1S/C17H27N3O5/c1-6-13(21)20-10-17(25-11-20)7-8-19(9-17)16(23)18(4)14(12(2)3)15(22)24-5/h6,12,14H,1,7-11H2,2-5H3/t14-,17+/m0/s1. The predicted octanol–water partition coefficient (Wildman–Crippen LogP) is 0.683. The minimum atomic E-state index is -0.641. The molecule has 1 spiro atoms. The Labute approximate surface area is 148 Å². The average Bonchev–Trinajstić information content (AvgIpc) is 3.20. The molecule has 0 aliphatic carbocycles. The van der Waals surface area contributed by atoms with Gasteiger partial charge >= 0.3 is 12.0 Å². The molecule has 0 radical (unpaired) electrons. The Kier molecular flexibility index (Phi) is 5.72. The van der Waals surface area contributed by atoms with E-state index in [9.17, 15) is 14.4 Å². The van der Waals surface area contributed by atoms with Gasteiger partial charge in [0, 0.05) is 13.6 Å². The predicted molar refractivity (Wildman–Crippen MR) is 90.6 cm³/mol. The van der Waals surface area contributed by atoms with Crippen molar-refractivity contribution < 1.29 is 23.9 Å². The van der Waals surface area contributed by atoms with E-state index in [1.165, 1.54) is 18.1 Å². The molecule has 2 atom stereocenters. The minimum absolute atomic E-state index is 0.0681. The van der Waals surface area contributed by atoms with Gasteiger partial charge in [-0.15, -0.1) is 0 Å². The number of likely N-dealkylation sites (tertiary alicyclic amines) is 1. The van der Waals surface area contributed by atoms with Crippen LogP contribution in [0.2, 0.25) is 0 Å². The molecule has 8 heteroatoms. The van der Waals surface area contributed by atoms with E-state index in [-0.39, 0.29) is 24.6 Å². The van der Waals surface area contributed by atoms with Gasteiger partial charge in [-0.05, 0) is 18.4 Å². The van der Waals surface area contributed by atoms with Crippen molar-refractivity contribution in [3.05, 3.63) is 12.7 Å². The minimum Gasteiger partial charge on any atom is -0.467 e. The summed E-state index contributed by atoms with van der Waals surface area (Å²) < 4.78 is 10.7. The first kappa shape index (κ1) is 19.2.